The molecule has 1 N–H and O–H groups in total. The van der Waals surface area contributed by atoms with E-state index in [4.69, 9.17) is 11.6 Å². The number of carbonyl (C=O) groups is 1. The lowest BCUT2D eigenvalue weighted by Gasteiger charge is -2.08. The second-order valence-corrected chi connectivity index (χ2v) is 5.29. The Morgan fingerprint density at radius 3 is 2.91 bits per heavy atom. The lowest BCUT2D eigenvalue weighted by Crippen LogP contribution is -2.19. The lowest BCUT2D eigenvalue weighted by molar-refractivity contribution is -0.116. The van der Waals surface area contributed by atoms with Crippen LogP contribution < -0.4 is 10.9 Å². The summed E-state index contributed by atoms with van der Waals surface area (Å²) < 4.78 is 3.23. The molecule has 112 valence electrons. The average Bonchev–Trinajstić information content (AvgIpc) is 2.89. The topological polar surface area (TPSA) is 68.9 Å². The van der Waals surface area contributed by atoms with Crippen molar-refractivity contribution < 1.29 is 4.79 Å². The number of aryl methyl sites for hydroxylation is 1. The summed E-state index contributed by atoms with van der Waals surface area (Å²) in [5, 5.41) is 3.68. The molecule has 3 heterocycles. The number of halogens is 1. The maximum absolute atomic E-state index is 12.1. The number of nitrogens with zero attached hydrogens (tertiary/aromatic N) is 3. The molecular formula is C15H13ClN4O2. The fourth-order valence-corrected chi connectivity index (χ4v) is 2.42. The molecule has 0 bridgehead atoms. The maximum atomic E-state index is 12.1. The first-order chi connectivity index (χ1) is 10.6. The monoisotopic (exact) mass is 316 g/mol. The quantitative estimate of drug-likeness (QED) is 0.804. The molecule has 1 amide bonds. The standard InChI is InChI=1S/C15H13ClN4O2/c1-19-6-4-13-10(15(19)22)3-7-20(13)9-14(21)18-12-2-5-17-8-11(12)16/h2-8H,9H2,1H3,(H,17,18,21). The molecular weight excluding hydrogens is 304 g/mol. The zero-order chi connectivity index (χ0) is 15.7. The molecule has 3 aromatic heterocycles. The average molecular weight is 317 g/mol. The zero-order valence-electron chi connectivity index (χ0n) is 11.8. The molecule has 0 unspecified atom stereocenters. The molecule has 0 saturated carbocycles. The van der Waals surface area contributed by atoms with Gasteiger partial charge in [-0.25, -0.2) is 0 Å². The van der Waals surface area contributed by atoms with Crippen molar-refractivity contribution in [2.75, 3.05) is 5.32 Å². The van der Waals surface area contributed by atoms with Crippen molar-refractivity contribution in [2.24, 2.45) is 7.05 Å². The van der Waals surface area contributed by atoms with Crippen LogP contribution in [0.4, 0.5) is 5.69 Å². The number of anilines is 1. The number of aromatic nitrogens is 3. The largest absolute Gasteiger partial charge is 0.338 e. The van der Waals surface area contributed by atoms with E-state index in [1.165, 1.54) is 10.8 Å². The van der Waals surface area contributed by atoms with Crippen molar-refractivity contribution in [3.05, 3.63) is 58.4 Å². The molecule has 0 aliphatic heterocycles. The minimum atomic E-state index is -0.230. The summed E-state index contributed by atoms with van der Waals surface area (Å²) in [6.45, 7) is 0.0926. The smallest absolute Gasteiger partial charge is 0.259 e. The summed E-state index contributed by atoms with van der Waals surface area (Å²) >= 11 is 5.96. The molecule has 0 aliphatic rings. The van der Waals surface area contributed by atoms with Crippen LogP contribution in [0.5, 0.6) is 0 Å². The van der Waals surface area contributed by atoms with Crippen molar-refractivity contribution in [2.45, 2.75) is 6.54 Å². The first-order valence-electron chi connectivity index (χ1n) is 6.60. The van der Waals surface area contributed by atoms with Gasteiger partial charge in [0.25, 0.3) is 5.56 Å². The number of nitrogens with one attached hydrogen (secondary N) is 1. The maximum Gasteiger partial charge on any atom is 0.259 e. The third-order valence-corrected chi connectivity index (χ3v) is 3.67. The van der Waals surface area contributed by atoms with Crippen LogP contribution in [0.1, 0.15) is 0 Å². The molecule has 7 heteroatoms. The Morgan fingerprint density at radius 1 is 1.32 bits per heavy atom. The van der Waals surface area contributed by atoms with Gasteiger partial charge in [-0.15, -0.1) is 0 Å². The highest BCUT2D eigenvalue weighted by atomic mass is 35.5. The molecule has 0 radical (unpaired) electrons. The molecule has 0 atom stereocenters. The van der Waals surface area contributed by atoms with E-state index in [0.717, 1.165) is 5.52 Å². The normalized spacial score (nSPS) is 10.8. The molecule has 0 fully saturated rings. The van der Waals surface area contributed by atoms with Gasteiger partial charge < -0.3 is 14.5 Å². The Labute approximate surface area is 131 Å². The van der Waals surface area contributed by atoms with E-state index in [-0.39, 0.29) is 18.0 Å². The Bertz CT molecular complexity index is 913. The van der Waals surface area contributed by atoms with E-state index in [1.807, 2.05) is 6.07 Å². The summed E-state index contributed by atoms with van der Waals surface area (Å²) in [6, 6.07) is 5.15. The van der Waals surface area contributed by atoms with E-state index in [1.54, 1.807) is 42.3 Å². The van der Waals surface area contributed by atoms with Crippen LogP contribution in [-0.2, 0) is 18.4 Å². The molecule has 0 aromatic carbocycles. The number of hydrogen-bond donors (Lipinski definition) is 1. The number of fused-ring (bicyclic) bond motifs is 1. The van der Waals surface area contributed by atoms with Crippen LogP contribution in [0, 0.1) is 0 Å². The molecule has 0 saturated heterocycles. The van der Waals surface area contributed by atoms with Crippen LogP contribution in [0.3, 0.4) is 0 Å². The fraction of sp³-hybridized carbons (Fsp3) is 0.133. The second-order valence-electron chi connectivity index (χ2n) is 4.88. The third kappa shape index (κ3) is 2.60. The number of hydrogen-bond acceptors (Lipinski definition) is 3. The van der Waals surface area contributed by atoms with Gasteiger partial charge in [0.15, 0.2) is 0 Å². The van der Waals surface area contributed by atoms with Crippen molar-refractivity contribution in [3.63, 3.8) is 0 Å². The highest BCUT2D eigenvalue weighted by molar-refractivity contribution is 6.33. The number of amides is 1. The van der Waals surface area contributed by atoms with E-state index in [2.05, 4.69) is 10.3 Å². The van der Waals surface area contributed by atoms with Crippen LogP contribution >= 0.6 is 11.6 Å². The molecule has 0 spiro atoms. The third-order valence-electron chi connectivity index (χ3n) is 3.37. The van der Waals surface area contributed by atoms with Gasteiger partial charge in [0, 0.05) is 31.8 Å². The Kier molecular flexibility index (Phi) is 3.68. The van der Waals surface area contributed by atoms with Gasteiger partial charge in [0.1, 0.15) is 6.54 Å². The molecule has 22 heavy (non-hydrogen) atoms. The van der Waals surface area contributed by atoms with E-state index < -0.39 is 0 Å². The zero-order valence-corrected chi connectivity index (χ0v) is 12.5. The summed E-state index contributed by atoms with van der Waals surface area (Å²) in [7, 11) is 1.69. The molecule has 0 aliphatic carbocycles. The van der Waals surface area contributed by atoms with E-state index in [9.17, 15) is 9.59 Å². The first kappa shape index (κ1) is 14.3. The van der Waals surface area contributed by atoms with Gasteiger partial charge in [0.05, 0.1) is 21.6 Å². The van der Waals surface area contributed by atoms with Crippen LogP contribution in [0.15, 0.2) is 47.8 Å². The number of pyridine rings is 2. The van der Waals surface area contributed by atoms with Gasteiger partial charge in [0.2, 0.25) is 5.91 Å². The summed E-state index contributed by atoms with van der Waals surface area (Å²) in [5.74, 6) is -0.230. The van der Waals surface area contributed by atoms with Gasteiger partial charge in [-0.05, 0) is 18.2 Å². The van der Waals surface area contributed by atoms with Crippen molar-refractivity contribution in [1.82, 2.24) is 14.1 Å². The van der Waals surface area contributed by atoms with Gasteiger partial charge in [-0.1, -0.05) is 11.6 Å². The van der Waals surface area contributed by atoms with Crippen molar-refractivity contribution >= 4 is 34.1 Å². The SMILES string of the molecule is Cn1ccc2c(ccn2CC(=O)Nc2ccncc2Cl)c1=O. The predicted octanol–water partition coefficient (Wildman–Crippen LogP) is 2.03. The van der Waals surface area contributed by atoms with Crippen LogP contribution in [0.25, 0.3) is 10.9 Å². The minimum absolute atomic E-state index is 0.0890. The van der Waals surface area contributed by atoms with E-state index >= 15 is 0 Å². The van der Waals surface area contributed by atoms with Crippen molar-refractivity contribution in [1.29, 1.82) is 0 Å². The molecule has 3 rings (SSSR count). The fourth-order valence-electron chi connectivity index (χ4n) is 2.25. The molecule has 6 nitrogen and oxygen atoms in total. The predicted molar refractivity (Wildman–Crippen MR) is 85.1 cm³/mol. The van der Waals surface area contributed by atoms with Crippen LogP contribution in [-0.4, -0.2) is 20.0 Å². The minimum Gasteiger partial charge on any atom is -0.338 e. The summed E-state index contributed by atoms with van der Waals surface area (Å²) in [6.07, 6.45) is 6.42. The Hall–Kier alpha value is -2.60. The Balaban J connectivity index is 1.85. The van der Waals surface area contributed by atoms with Gasteiger partial charge >= 0.3 is 0 Å². The highest BCUT2D eigenvalue weighted by Crippen LogP contribution is 2.19. The van der Waals surface area contributed by atoms with Gasteiger partial charge in [-0.2, -0.15) is 0 Å². The highest BCUT2D eigenvalue weighted by Gasteiger charge is 2.10. The first-order valence-corrected chi connectivity index (χ1v) is 6.98. The van der Waals surface area contributed by atoms with E-state index in [0.29, 0.717) is 16.1 Å². The van der Waals surface area contributed by atoms with Crippen LogP contribution in [0.2, 0.25) is 5.02 Å². The summed E-state index contributed by atoms with van der Waals surface area (Å²) in [5.41, 5.74) is 1.14. The van der Waals surface area contributed by atoms with Gasteiger partial charge in [-0.3, -0.25) is 14.6 Å². The second kappa shape index (κ2) is 5.65. The molecule has 3 aromatic rings. The summed E-state index contributed by atoms with van der Waals surface area (Å²) in [4.78, 5) is 28.0. The number of rotatable bonds is 3. The number of carbonyl (C=O) groups excluding carboxylic acids is 1. The Morgan fingerprint density at radius 2 is 2.14 bits per heavy atom. The lowest BCUT2D eigenvalue weighted by atomic mass is 10.3. The van der Waals surface area contributed by atoms with Crippen molar-refractivity contribution in [3.8, 4) is 0 Å².